The summed E-state index contributed by atoms with van der Waals surface area (Å²) < 4.78 is 11.2. The molecule has 1 N–H and O–H groups in total. The number of hydrogen-bond donors (Lipinski definition) is 1. The van der Waals surface area contributed by atoms with Gasteiger partial charge in [0.05, 0.1) is 13.7 Å². The molecule has 32 heavy (non-hydrogen) atoms. The highest BCUT2D eigenvalue weighted by Crippen LogP contribution is 2.29. The fourth-order valence-electron chi connectivity index (χ4n) is 3.63. The predicted molar refractivity (Wildman–Crippen MR) is 127 cm³/mol. The number of nitrogens with zero attached hydrogens (tertiary/aromatic N) is 1. The lowest BCUT2D eigenvalue weighted by Gasteiger charge is -2.30. The van der Waals surface area contributed by atoms with Crippen molar-refractivity contribution in [3.05, 3.63) is 60.2 Å². The van der Waals surface area contributed by atoms with E-state index in [4.69, 9.17) is 9.47 Å². The van der Waals surface area contributed by atoms with E-state index in [0.717, 1.165) is 24.1 Å². The lowest BCUT2D eigenvalue weighted by atomic mass is 9.95. The molecule has 6 heteroatoms. The fourth-order valence-corrected chi connectivity index (χ4v) is 3.63. The SMILES string of the molecule is CCCCOc1ccc(/C=C/C(=O)N2CCC(C(=O)Nc3ccccc3)CC2)cc1OC. The summed E-state index contributed by atoms with van der Waals surface area (Å²) in [6, 6.07) is 15.1. The number of nitrogens with one attached hydrogen (secondary N) is 1. The highest BCUT2D eigenvalue weighted by atomic mass is 16.5. The second kappa shape index (κ2) is 11.9. The van der Waals surface area contributed by atoms with E-state index in [1.165, 1.54) is 0 Å². The first-order chi connectivity index (χ1) is 15.6. The van der Waals surface area contributed by atoms with Gasteiger partial charge in [0.1, 0.15) is 0 Å². The summed E-state index contributed by atoms with van der Waals surface area (Å²) in [5.41, 5.74) is 1.67. The van der Waals surface area contributed by atoms with Crippen LogP contribution in [0, 0.1) is 5.92 Å². The quantitative estimate of drug-likeness (QED) is 0.454. The molecule has 1 aliphatic heterocycles. The summed E-state index contributed by atoms with van der Waals surface area (Å²) in [6.07, 6.45) is 6.75. The molecule has 0 atom stereocenters. The van der Waals surface area contributed by atoms with Gasteiger partial charge in [-0.05, 0) is 55.2 Å². The average molecular weight is 437 g/mol. The fraction of sp³-hybridized carbons (Fsp3) is 0.385. The zero-order valence-corrected chi connectivity index (χ0v) is 18.9. The third kappa shape index (κ3) is 6.61. The number of ether oxygens (including phenoxy) is 2. The Hall–Kier alpha value is -3.28. The van der Waals surface area contributed by atoms with Gasteiger partial charge in [-0.1, -0.05) is 37.6 Å². The van der Waals surface area contributed by atoms with Crippen LogP contribution in [0.1, 0.15) is 38.2 Å². The van der Waals surface area contributed by atoms with E-state index in [-0.39, 0.29) is 17.7 Å². The van der Waals surface area contributed by atoms with Gasteiger partial charge >= 0.3 is 0 Å². The summed E-state index contributed by atoms with van der Waals surface area (Å²) in [5, 5.41) is 2.96. The van der Waals surface area contributed by atoms with Crippen LogP contribution in [0.5, 0.6) is 11.5 Å². The molecule has 0 saturated carbocycles. The van der Waals surface area contributed by atoms with Crippen molar-refractivity contribution in [3.63, 3.8) is 0 Å². The normalized spacial score (nSPS) is 14.4. The number of anilines is 1. The molecule has 0 radical (unpaired) electrons. The molecule has 170 valence electrons. The number of unbranched alkanes of at least 4 members (excludes halogenated alkanes) is 1. The molecule has 6 nitrogen and oxygen atoms in total. The van der Waals surface area contributed by atoms with Crippen molar-refractivity contribution in [2.45, 2.75) is 32.6 Å². The minimum absolute atomic E-state index is 0.0205. The van der Waals surface area contributed by atoms with Crippen molar-refractivity contribution in [1.82, 2.24) is 4.90 Å². The van der Waals surface area contributed by atoms with Crippen molar-refractivity contribution in [2.24, 2.45) is 5.92 Å². The van der Waals surface area contributed by atoms with Gasteiger partial charge in [-0.2, -0.15) is 0 Å². The van der Waals surface area contributed by atoms with Crippen LogP contribution < -0.4 is 14.8 Å². The largest absolute Gasteiger partial charge is 0.493 e. The van der Waals surface area contributed by atoms with Gasteiger partial charge in [0, 0.05) is 30.8 Å². The molecule has 1 fully saturated rings. The van der Waals surface area contributed by atoms with Crippen molar-refractivity contribution in [2.75, 3.05) is 32.1 Å². The molecule has 3 rings (SSSR count). The van der Waals surface area contributed by atoms with E-state index in [1.807, 2.05) is 48.5 Å². The molecular weight excluding hydrogens is 404 g/mol. The second-order valence-corrected chi connectivity index (χ2v) is 7.90. The Kier molecular flexibility index (Phi) is 8.72. The summed E-state index contributed by atoms with van der Waals surface area (Å²) >= 11 is 0. The third-order valence-electron chi connectivity index (χ3n) is 5.58. The van der Waals surface area contributed by atoms with E-state index in [2.05, 4.69) is 12.2 Å². The molecule has 0 spiro atoms. The standard InChI is InChI=1S/C26H32N2O4/c1-3-4-18-32-23-12-10-20(19-24(23)31-2)11-13-25(29)28-16-14-21(15-17-28)26(30)27-22-8-6-5-7-9-22/h5-13,19,21H,3-4,14-18H2,1-2H3,(H,27,30)/b13-11+. The summed E-state index contributed by atoms with van der Waals surface area (Å²) in [6.45, 7) is 3.92. The first-order valence-electron chi connectivity index (χ1n) is 11.2. The smallest absolute Gasteiger partial charge is 0.246 e. The first kappa shape index (κ1) is 23.4. The van der Waals surface area contributed by atoms with Crippen LogP contribution in [0.15, 0.2) is 54.6 Å². The van der Waals surface area contributed by atoms with Crippen LogP contribution in [0.3, 0.4) is 0 Å². The minimum Gasteiger partial charge on any atom is -0.493 e. The van der Waals surface area contributed by atoms with Crippen LogP contribution in [0.4, 0.5) is 5.69 Å². The molecule has 2 aromatic rings. The molecule has 2 amide bonds. The Labute approximate surface area is 190 Å². The van der Waals surface area contributed by atoms with Gasteiger partial charge in [-0.15, -0.1) is 0 Å². The van der Waals surface area contributed by atoms with E-state index in [9.17, 15) is 9.59 Å². The number of benzene rings is 2. The van der Waals surface area contributed by atoms with Gasteiger partial charge in [-0.3, -0.25) is 9.59 Å². The Balaban J connectivity index is 1.50. The number of rotatable bonds is 9. The molecule has 0 aliphatic carbocycles. The second-order valence-electron chi connectivity index (χ2n) is 7.90. The monoisotopic (exact) mass is 436 g/mol. The number of carbonyl (C=O) groups is 2. The van der Waals surface area contributed by atoms with Crippen molar-refractivity contribution >= 4 is 23.6 Å². The molecule has 0 unspecified atom stereocenters. The number of hydrogen-bond acceptors (Lipinski definition) is 4. The summed E-state index contributed by atoms with van der Waals surface area (Å²) in [5.74, 6) is 1.26. The molecule has 2 aromatic carbocycles. The summed E-state index contributed by atoms with van der Waals surface area (Å²) in [4.78, 5) is 26.9. The number of likely N-dealkylation sites (tertiary alicyclic amines) is 1. The summed E-state index contributed by atoms with van der Waals surface area (Å²) in [7, 11) is 1.61. The molecule has 1 aliphatic rings. The van der Waals surface area contributed by atoms with Gasteiger partial charge in [0.25, 0.3) is 0 Å². The molecule has 1 saturated heterocycles. The maximum absolute atomic E-state index is 12.6. The Morgan fingerprint density at radius 1 is 1.09 bits per heavy atom. The van der Waals surface area contributed by atoms with Crippen LogP contribution >= 0.6 is 0 Å². The third-order valence-corrected chi connectivity index (χ3v) is 5.58. The van der Waals surface area contributed by atoms with E-state index >= 15 is 0 Å². The topological polar surface area (TPSA) is 67.9 Å². The molecular formula is C26H32N2O4. The number of carbonyl (C=O) groups excluding carboxylic acids is 2. The van der Waals surface area contributed by atoms with E-state index < -0.39 is 0 Å². The van der Waals surface area contributed by atoms with Crippen LogP contribution in [0.2, 0.25) is 0 Å². The number of para-hydroxylation sites is 1. The first-order valence-corrected chi connectivity index (χ1v) is 11.2. The molecule has 1 heterocycles. The predicted octanol–water partition coefficient (Wildman–Crippen LogP) is 4.76. The lowest BCUT2D eigenvalue weighted by Crippen LogP contribution is -2.40. The Morgan fingerprint density at radius 3 is 2.53 bits per heavy atom. The van der Waals surface area contributed by atoms with Crippen LogP contribution in [-0.4, -0.2) is 43.5 Å². The number of amides is 2. The maximum Gasteiger partial charge on any atom is 0.246 e. The highest BCUT2D eigenvalue weighted by molar-refractivity contribution is 5.94. The number of methoxy groups -OCH3 is 1. The van der Waals surface area contributed by atoms with Gasteiger partial charge in [0.2, 0.25) is 11.8 Å². The van der Waals surface area contributed by atoms with E-state index in [1.54, 1.807) is 24.2 Å². The van der Waals surface area contributed by atoms with Crippen molar-refractivity contribution < 1.29 is 19.1 Å². The Bertz CT molecular complexity index is 919. The van der Waals surface area contributed by atoms with Gasteiger partial charge in [-0.25, -0.2) is 0 Å². The average Bonchev–Trinajstić information content (AvgIpc) is 2.84. The lowest BCUT2D eigenvalue weighted by molar-refractivity contribution is -0.130. The van der Waals surface area contributed by atoms with Gasteiger partial charge < -0.3 is 19.7 Å². The van der Waals surface area contributed by atoms with Crippen LogP contribution in [-0.2, 0) is 9.59 Å². The maximum atomic E-state index is 12.6. The van der Waals surface area contributed by atoms with Crippen molar-refractivity contribution in [3.8, 4) is 11.5 Å². The minimum atomic E-state index is -0.0762. The molecule has 0 aromatic heterocycles. The van der Waals surface area contributed by atoms with E-state index in [0.29, 0.717) is 44.0 Å². The zero-order chi connectivity index (χ0) is 22.8. The zero-order valence-electron chi connectivity index (χ0n) is 18.9. The highest BCUT2D eigenvalue weighted by Gasteiger charge is 2.26. The van der Waals surface area contributed by atoms with Gasteiger partial charge in [0.15, 0.2) is 11.5 Å². The number of piperidine rings is 1. The van der Waals surface area contributed by atoms with Crippen molar-refractivity contribution in [1.29, 1.82) is 0 Å². The molecule has 0 bridgehead atoms. The Morgan fingerprint density at radius 2 is 1.84 bits per heavy atom. The van der Waals surface area contributed by atoms with Crippen LogP contribution in [0.25, 0.3) is 6.08 Å².